The summed E-state index contributed by atoms with van der Waals surface area (Å²) in [6, 6.07) is 0. The van der Waals surface area contributed by atoms with Crippen LogP contribution in [0.15, 0.2) is 37.4 Å². The number of hydrogen-bond donors (Lipinski definition) is 3. The third-order valence-corrected chi connectivity index (χ3v) is 6.70. The van der Waals surface area contributed by atoms with Crippen LogP contribution in [-0.4, -0.2) is 112 Å². The van der Waals surface area contributed by atoms with Crippen LogP contribution in [0.4, 0.5) is 0 Å². The van der Waals surface area contributed by atoms with Crippen molar-refractivity contribution in [3.63, 3.8) is 0 Å². The summed E-state index contributed by atoms with van der Waals surface area (Å²) in [5.74, 6) is 0. The first-order valence-corrected chi connectivity index (χ1v) is 22.2. The molecule has 2 aromatic rings. The molecule has 0 aromatic carbocycles. The molecule has 2 heterocycles. The molecule has 36 heteroatoms. The molecule has 0 bridgehead atoms. The van der Waals surface area contributed by atoms with E-state index in [1.54, 1.807) is 24.8 Å². The number of aliphatic hydroxyl groups excluding tert-OH is 3. The number of aromatic nitrogens is 4. The zero-order valence-corrected chi connectivity index (χ0v) is 42.8. The zero-order chi connectivity index (χ0) is 44.1. The summed E-state index contributed by atoms with van der Waals surface area (Å²) in [6.45, 7) is 6.63. The molecule has 58 heavy (non-hydrogen) atoms. The fourth-order valence-corrected chi connectivity index (χ4v) is 2.16. The maximum Gasteiger partial charge on any atom is 0.267 e. The van der Waals surface area contributed by atoms with Crippen molar-refractivity contribution in [1.82, 2.24) is 19.1 Å². The van der Waals surface area contributed by atoms with Crippen LogP contribution in [0.25, 0.3) is 0 Å². The second-order valence-corrected chi connectivity index (χ2v) is 14.5. The first-order chi connectivity index (χ1) is 25.0. The summed E-state index contributed by atoms with van der Waals surface area (Å²) in [4.78, 5) is 64.7. The molecule has 2 rings (SSSR count). The van der Waals surface area contributed by atoms with Crippen LogP contribution in [0.3, 0.4) is 0 Å². The van der Waals surface area contributed by atoms with Gasteiger partial charge in [0, 0.05) is 136 Å². The van der Waals surface area contributed by atoms with E-state index in [-0.39, 0.29) is 100 Å². The summed E-state index contributed by atoms with van der Waals surface area (Å²) >= 11 is 8.99. The molecule has 0 saturated heterocycles. The number of halogens is 3. The van der Waals surface area contributed by atoms with Gasteiger partial charge >= 0.3 is 0 Å². The van der Waals surface area contributed by atoms with Gasteiger partial charge in [-0.2, -0.15) is 10.5 Å². The minimum Gasteiger partial charge on any atom is -0.790 e. The fourth-order valence-electron chi connectivity index (χ4n) is 1.00. The predicted octanol–water partition coefficient (Wildman–Crippen LogP) is -1.64. The van der Waals surface area contributed by atoms with Crippen LogP contribution < -0.4 is 29.4 Å². The number of imidazole rings is 2. The van der Waals surface area contributed by atoms with E-state index in [0.29, 0.717) is 16.0 Å². The van der Waals surface area contributed by atoms with Crippen molar-refractivity contribution in [2.75, 3.05) is 77.5 Å². The van der Waals surface area contributed by atoms with Gasteiger partial charge in [-0.3, -0.25) is 9.13 Å². The van der Waals surface area contributed by atoms with E-state index in [4.69, 9.17) is 25.8 Å². The standard InChI is InChI=1S/2C4H3N3.C3H8BrO4P.C3H8O4P.2C2H5BrO.C2H5O.2CH5O4P.4Co/c2*5-3-7-2-1-6-4-7;1-7-9(5,6)8-3-2-4;1-3-7-8(4,5)6-2;2*3-1-2-4;1-2-3;2*1-5-6(2,3)4;;;;/h2*1-2,4H;2-3H2,1H3,(H,5,6);1,3H2,2H3,(H,4,5);2*4H,1-2H2;3H,1-2H2;2*1H3,(H2,2,3,4);;;;/q;;;-1;;;-1;;;;;;/p-6. The molecule has 0 aliphatic rings. The largest absolute Gasteiger partial charge is 0.790 e. The second kappa shape index (κ2) is 62.5. The third-order valence-electron chi connectivity index (χ3n) is 2.88. The first-order valence-electron chi connectivity index (χ1n) is 13.0. The minimum absolute atomic E-state index is 0. The number of phosphoric acid groups is 4. The maximum atomic E-state index is 10.3. The topological polar surface area (TPSA) is 406 Å². The molecule has 0 fully saturated rings. The molecular weight excluding hydrogens is 1250 g/mol. The average Bonchev–Trinajstić information content (AvgIpc) is 3.87. The number of phosphoric ester groups is 4. The molecular formula is C22H41Br3Co4N6O19P4-8. The van der Waals surface area contributed by atoms with Crippen LogP contribution in [0.1, 0.15) is 0 Å². The molecule has 358 valence electrons. The number of hydrogen-bond acceptors (Lipinski definition) is 23. The van der Waals surface area contributed by atoms with E-state index in [9.17, 15) is 47.6 Å². The zero-order valence-electron chi connectivity index (χ0n) is 30.3. The van der Waals surface area contributed by atoms with Gasteiger partial charge < -0.3 is 94.8 Å². The molecule has 0 aliphatic heterocycles. The van der Waals surface area contributed by atoms with E-state index in [0.717, 1.165) is 28.4 Å². The van der Waals surface area contributed by atoms with Gasteiger partial charge in [0.1, 0.15) is 12.7 Å². The van der Waals surface area contributed by atoms with E-state index in [1.165, 1.54) is 21.8 Å². The van der Waals surface area contributed by atoms with Gasteiger partial charge in [0.2, 0.25) is 0 Å². The number of aliphatic hydroxyl groups is 3. The van der Waals surface area contributed by atoms with Crippen molar-refractivity contribution in [3.8, 4) is 12.4 Å². The Labute approximate surface area is 403 Å². The van der Waals surface area contributed by atoms with Crippen LogP contribution in [0.5, 0.6) is 0 Å². The van der Waals surface area contributed by atoms with Crippen molar-refractivity contribution in [2.45, 2.75) is 0 Å². The first kappa shape index (κ1) is 86.3. The van der Waals surface area contributed by atoms with Crippen molar-refractivity contribution < 1.29 is 157 Å². The van der Waals surface area contributed by atoms with Crippen LogP contribution in [0.2, 0.25) is 0 Å². The molecule has 2 unspecified atom stereocenters. The Kier molecular flexibility index (Phi) is 93.0. The normalized spacial score (nSPS) is 10.8. The van der Waals surface area contributed by atoms with Crippen LogP contribution in [-0.2, 0) is 113 Å². The number of nitrogens with zero attached hydrogens (tertiary/aromatic N) is 6. The minimum atomic E-state index is -4.65. The Hall–Kier alpha value is 1.19. The van der Waals surface area contributed by atoms with Gasteiger partial charge in [0.25, 0.3) is 15.6 Å². The molecule has 2 atom stereocenters. The smallest absolute Gasteiger partial charge is 0.267 e. The van der Waals surface area contributed by atoms with Crippen LogP contribution in [0, 0.1) is 36.8 Å². The van der Waals surface area contributed by atoms with Crippen molar-refractivity contribution in [2.24, 2.45) is 0 Å². The van der Waals surface area contributed by atoms with Gasteiger partial charge in [-0.05, 0) is 0 Å². The molecule has 0 spiro atoms. The Morgan fingerprint density at radius 3 is 1.00 bits per heavy atom. The molecule has 25 nitrogen and oxygen atoms in total. The van der Waals surface area contributed by atoms with Crippen molar-refractivity contribution in [1.29, 1.82) is 10.5 Å². The Morgan fingerprint density at radius 1 is 0.638 bits per heavy atom. The number of nitriles is 2. The molecule has 4 radical (unpaired) electrons. The van der Waals surface area contributed by atoms with Crippen molar-refractivity contribution >= 4 is 79.1 Å². The summed E-state index contributed by atoms with van der Waals surface area (Å²) in [5, 5.41) is 41.2. The van der Waals surface area contributed by atoms with Crippen molar-refractivity contribution in [3.05, 3.63) is 51.3 Å². The van der Waals surface area contributed by atoms with Crippen LogP contribution >= 0.6 is 79.1 Å². The molecule has 0 saturated carbocycles. The van der Waals surface area contributed by atoms with E-state index < -0.39 is 31.3 Å². The average molecular weight is 1290 g/mol. The van der Waals surface area contributed by atoms with Gasteiger partial charge in [-0.15, -0.1) is 0 Å². The van der Waals surface area contributed by atoms with E-state index in [1.807, 2.05) is 12.4 Å². The van der Waals surface area contributed by atoms with Gasteiger partial charge in [0.05, 0.1) is 35.5 Å². The van der Waals surface area contributed by atoms with E-state index >= 15 is 0 Å². The molecule has 2 aromatic heterocycles. The Bertz CT molecular complexity index is 1240. The molecule has 3 N–H and O–H groups in total. The van der Waals surface area contributed by atoms with Gasteiger partial charge in [-0.1, -0.05) is 61.0 Å². The summed E-state index contributed by atoms with van der Waals surface area (Å²) in [5.41, 5.74) is 0. The summed E-state index contributed by atoms with van der Waals surface area (Å²) in [7, 11) is -13.5. The maximum absolute atomic E-state index is 10.3. The summed E-state index contributed by atoms with van der Waals surface area (Å²) < 4.78 is 64.6. The number of rotatable bonds is 11. The van der Waals surface area contributed by atoms with E-state index in [2.05, 4.69) is 98.7 Å². The Morgan fingerprint density at radius 2 is 0.897 bits per heavy atom. The van der Waals surface area contributed by atoms with Gasteiger partial charge in [-0.25, -0.2) is 19.1 Å². The molecule has 0 aliphatic carbocycles. The number of alkyl halides is 3. The Balaban J connectivity index is -0.0000000479. The van der Waals surface area contributed by atoms with Gasteiger partial charge in [0.15, 0.2) is 12.4 Å². The third kappa shape index (κ3) is 101. The quantitative estimate of drug-likeness (QED) is 0.129. The second-order valence-electron chi connectivity index (χ2n) is 6.56. The SMILES string of the molecule is COP(=O)([O-])OCCBr.COP(=O)([O-])[O-].COP(=O)([O-])[O-].N#Cn1ccnc1.N#Cn1ccnc1.OCCBr.OCCBr.[CH2-]CO.[CH2-]COP(=O)([O-])OC.[Co].[Co].[Co].[Co]. The summed E-state index contributed by atoms with van der Waals surface area (Å²) in [6.07, 6.45) is 12.9. The predicted molar refractivity (Wildman–Crippen MR) is 190 cm³/mol. The molecule has 0 amide bonds. The monoisotopic (exact) mass is 1290 g/mol. The fraction of sp³-hybridized carbons (Fsp3) is 0.545.